The molecule has 4 aromatic heterocycles. The Bertz CT molecular complexity index is 1910. The van der Waals surface area contributed by atoms with E-state index in [4.69, 9.17) is 9.47 Å². The normalized spacial score (nSPS) is 11.7. The zero-order chi connectivity index (χ0) is 32.2. The Morgan fingerprint density at radius 2 is 0.978 bits per heavy atom. The summed E-state index contributed by atoms with van der Waals surface area (Å²) in [6, 6.07) is 20.2. The van der Waals surface area contributed by atoms with E-state index in [9.17, 15) is 9.59 Å². The third-order valence-corrected chi connectivity index (χ3v) is 8.90. The lowest BCUT2D eigenvalue weighted by Crippen LogP contribution is -2.10. The summed E-state index contributed by atoms with van der Waals surface area (Å²) in [5.74, 6) is -0.750. The van der Waals surface area contributed by atoms with Crippen LogP contribution >= 0.6 is 0 Å². The van der Waals surface area contributed by atoms with E-state index in [2.05, 4.69) is 57.2 Å². The predicted octanol–water partition coefficient (Wildman–Crippen LogP) is 8.70. The maximum absolute atomic E-state index is 12.8. The minimum absolute atomic E-state index is 0.358. The van der Waals surface area contributed by atoms with Crippen molar-refractivity contribution in [3.63, 3.8) is 0 Å². The maximum Gasteiger partial charge on any atom is 0.356 e. The Morgan fingerprint density at radius 1 is 0.587 bits per heavy atom. The number of carbonyl (C=O) groups excluding carboxylic acids is 2. The lowest BCUT2D eigenvalue weighted by atomic mass is 10.1. The van der Waals surface area contributed by atoms with E-state index in [-0.39, 0.29) is 11.9 Å². The number of carbonyl (C=O) groups is 2. The van der Waals surface area contributed by atoms with E-state index in [0.29, 0.717) is 24.6 Å². The minimum Gasteiger partial charge on any atom is -0.461 e. The highest BCUT2D eigenvalue weighted by atomic mass is 16.5. The van der Waals surface area contributed by atoms with Crippen LogP contribution in [0.15, 0.2) is 60.7 Å². The smallest absolute Gasteiger partial charge is 0.356 e. The third-order valence-electron chi connectivity index (χ3n) is 8.90. The number of pyridine rings is 2. The second-order valence-electron chi connectivity index (χ2n) is 11.9. The summed E-state index contributed by atoms with van der Waals surface area (Å²) in [5.41, 5.74) is 6.82. The van der Waals surface area contributed by atoms with Crippen molar-refractivity contribution < 1.29 is 19.1 Å². The molecule has 4 heterocycles. The van der Waals surface area contributed by atoms with Crippen LogP contribution in [-0.4, -0.2) is 44.3 Å². The molecule has 0 fully saturated rings. The topological polar surface area (TPSA) is 88.2 Å². The van der Waals surface area contributed by atoms with Gasteiger partial charge >= 0.3 is 11.9 Å². The average molecular weight is 619 g/mol. The van der Waals surface area contributed by atoms with Gasteiger partial charge in [0.2, 0.25) is 0 Å². The maximum atomic E-state index is 12.8. The zero-order valence-electron chi connectivity index (χ0n) is 27.3. The number of fused-ring (bicyclic) bond motifs is 6. The number of para-hydroxylation sites is 2. The molecule has 2 aromatic carbocycles. The lowest BCUT2D eigenvalue weighted by Gasteiger charge is -2.08. The molecule has 0 aliphatic carbocycles. The number of esters is 2. The summed E-state index contributed by atoms with van der Waals surface area (Å²) >= 11 is 0. The second kappa shape index (κ2) is 13.7. The van der Waals surface area contributed by atoms with Crippen LogP contribution in [0.4, 0.5) is 0 Å². The van der Waals surface area contributed by atoms with Crippen LogP contribution in [0.3, 0.4) is 0 Å². The first-order valence-corrected chi connectivity index (χ1v) is 16.5. The highest BCUT2D eigenvalue weighted by molar-refractivity contribution is 6.11. The highest BCUT2D eigenvalue weighted by Crippen LogP contribution is 2.32. The van der Waals surface area contributed by atoms with Crippen molar-refractivity contribution in [1.29, 1.82) is 0 Å². The molecule has 0 radical (unpaired) electrons. The highest BCUT2D eigenvalue weighted by Gasteiger charge is 2.19. The molecule has 0 aliphatic heterocycles. The number of aromatic nitrogens is 4. The van der Waals surface area contributed by atoms with E-state index >= 15 is 0 Å². The molecule has 0 unspecified atom stereocenters. The molecule has 0 bridgehead atoms. The quantitative estimate of drug-likeness (QED) is 0.0950. The van der Waals surface area contributed by atoms with Gasteiger partial charge in [-0.3, -0.25) is 0 Å². The van der Waals surface area contributed by atoms with Crippen molar-refractivity contribution in [2.24, 2.45) is 0 Å². The Labute approximate surface area is 269 Å². The average Bonchev–Trinajstić information content (AvgIpc) is 3.58. The molecule has 0 amide bonds. The number of rotatable bonds is 13. The van der Waals surface area contributed by atoms with Crippen LogP contribution in [-0.2, 0) is 22.6 Å². The fourth-order valence-corrected chi connectivity index (χ4v) is 6.79. The predicted molar refractivity (Wildman–Crippen MR) is 184 cm³/mol. The first-order valence-electron chi connectivity index (χ1n) is 16.5. The van der Waals surface area contributed by atoms with Gasteiger partial charge in [-0.2, -0.15) is 0 Å². The Kier molecular flexibility index (Phi) is 9.33. The van der Waals surface area contributed by atoms with Gasteiger partial charge in [0, 0.05) is 45.7 Å². The summed E-state index contributed by atoms with van der Waals surface area (Å²) in [5, 5.41) is 4.32. The summed E-state index contributed by atoms with van der Waals surface area (Å²) in [7, 11) is 0. The first kappa shape index (κ1) is 31.3. The SMILES string of the molecule is CCn1c2ccccc2c2cc(C(=O)OCCCCCCCCOC(=O)c3cc4c5ccccc5n(CC)c4c(C)n3)nc(C)c21. The Balaban J connectivity index is 0.921. The van der Waals surface area contributed by atoms with Crippen molar-refractivity contribution in [3.05, 3.63) is 83.4 Å². The van der Waals surface area contributed by atoms with Crippen molar-refractivity contribution in [1.82, 2.24) is 19.1 Å². The third kappa shape index (κ3) is 5.96. The number of aryl methyl sites for hydroxylation is 4. The van der Waals surface area contributed by atoms with E-state index in [1.165, 1.54) is 0 Å². The Morgan fingerprint density at radius 3 is 1.39 bits per heavy atom. The molecule has 0 atom stereocenters. The van der Waals surface area contributed by atoms with Gasteiger partial charge in [0.15, 0.2) is 0 Å². The van der Waals surface area contributed by atoms with Crippen LogP contribution in [0.1, 0.15) is 84.7 Å². The van der Waals surface area contributed by atoms with Crippen molar-refractivity contribution >= 4 is 55.6 Å². The molecule has 0 aliphatic rings. The Hall–Kier alpha value is -4.72. The second-order valence-corrected chi connectivity index (χ2v) is 11.9. The fraction of sp³-hybridized carbons (Fsp3) is 0.368. The van der Waals surface area contributed by atoms with Crippen LogP contribution < -0.4 is 0 Å². The number of unbranched alkanes of at least 4 members (excludes halogenated alkanes) is 5. The van der Waals surface area contributed by atoms with E-state index in [1.54, 1.807) is 0 Å². The van der Waals surface area contributed by atoms with Crippen LogP contribution in [0.2, 0.25) is 0 Å². The van der Waals surface area contributed by atoms with Gasteiger partial charge in [-0.25, -0.2) is 19.6 Å². The molecule has 0 saturated heterocycles. The number of nitrogens with zero attached hydrogens (tertiary/aromatic N) is 4. The van der Waals surface area contributed by atoms with E-state index < -0.39 is 0 Å². The van der Waals surface area contributed by atoms with Crippen LogP contribution in [0, 0.1) is 13.8 Å². The number of hydrogen-bond donors (Lipinski definition) is 0. The lowest BCUT2D eigenvalue weighted by molar-refractivity contribution is 0.0478. The van der Waals surface area contributed by atoms with Gasteiger partial charge < -0.3 is 18.6 Å². The fourth-order valence-electron chi connectivity index (χ4n) is 6.79. The zero-order valence-corrected chi connectivity index (χ0v) is 27.3. The molecular weight excluding hydrogens is 576 g/mol. The summed E-state index contributed by atoms with van der Waals surface area (Å²) in [6.45, 7) is 10.6. The summed E-state index contributed by atoms with van der Waals surface area (Å²) < 4.78 is 15.7. The van der Waals surface area contributed by atoms with E-state index in [1.807, 2.05) is 50.2 Å². The van der Waals surface area contributed by atoms with Gasteiger partial charge in [0.1, 0.15) is 11.4 Å². The molecule has 238 valence electrons. The van der Waals surface area contributed by atoms with Crippen molar-refractivity contribution in [2.75, 3.05) is 13.2 Å². The molecule has 8 nitrogen and oxygen atoms in total. The number of benzene rings is 2. The molecule has 8 heteroatoms. The molecule has 6 aromatic rings. The molecule has 0 spiro atoms. The molecular formula is C38H42N4O4. The standard InChI is InChI=1S/C38H42N4O4/c1-5-41-33-19-13-11-17-27(33)29-23-31(39-25(3)35(29)41)37(43)45-21-15-9-7-8-10-16-22-46-38(44)32-24-30-28-18-12-14-20-34(28)42(6-2)36(30)26(4)40-32/h11-14,17-20,23-24H,5-10,15-16,21-22H2,1-4H3. The van der Waals surface area contributed by atoms with Crippen molar-refractivity contribution in [2.45, 2.75) is 79.3 Å². The minimum atomic E-state index is -0.375. The van der Waals surface area contributed by atoms with Crippen molar-refractivity contribution in [3.8, 4) is 0 Å². The molecule has 0 N–H and O–H groups in total. The van der Waals surface area contributed by atoms with Crippen LogP contribution in [0.25, 0.3) is 43.6 Å². The van der Waals surface area contributed by atoms with Gasteiger partial charge in [-0.15, -0.1) is 0 Å². The van der Waals surface area contributed by atoms with E-state index in [0.717, 1.165) is 107 Å². The number of hydrogen-bond acceptors (Lipinski definition) is 6. The van der Waals surface area contributed by atoms with Gasteiger partial charge in [0.05, 0.1) is 35.6 Å². The summed E-state index contributed by atoms with van der Waals surface area (Å²) in [4.78, 5) is 34.9. The molecule has 46 heavy (non-hydrogen) atoms. The summed E-state index contributed by atoms with van der Waals surface area (Å²) in [6.07, 6.45) is 5.61. The van der Waals surface area contributed by atoms with Gasteiger partial charge in [-0.05, 0) is 64.8 Å². The molecule has 6 rings (SSSR count). The number of ether oxygens (including phenoxy) is 2. The first-order chi connectivity index (χ1) is 22.4. The monoisotopic (exact) mass is 618 g/mol. The van der Waals surface area contributed by atoms with Gasteiger partial charge in [-0.1, -0.05) is 62.1 Å². The van der Waals surface area contributed by atoms with Crippen LogP contribution in [0.5, 0.6) is 0 Å². The van der Waals surface area contributed by atoms with Gasteiger partial charge in [0.25, 0.3) is 0 Å². The molecule has 0 saturated carbocycles. The largest absolute Gasteiger partial charge is 0.461 e.